The van der Waals surface area contributed by atoms with Crippen molar-refractivity contribution in [3.05, 3.63) is 28.8 Å². The molecule has 0 saturated heterocycles. The molecular weight excluding hydrogens is 312 g/mol. The van der Waals surface area contributed by atoms with E-state index in [0.717, 1.165) is 12.8 Å². The average molecular weight is 331 g/mol. The number of hydrogen-bond acceptors (Lipinski definition) is 3. The maximum atomic E-state index is 12.6. The minimum absolute atomic E-state index is 0.0207. The van der Waals surface area contributed by atoms with Gasteiger partial charge in [-0.3, -0.25) is 4.79 Å². The van der Waals surface area contributed by atoms with Gasteiger partial charge in [-0.05, 0) is 50.8 Å². The molecule has 0 bridgehead atoms. The Bertz CT molecular complexity index is 654. The van der Waals surface area contributed by atoms with E-state index in [9.17, 15) is 13.2 Å². The third-order valence-electron chi connectivity index (χ3n) is 3.52. The van der Waals surface area contributed by atoms with Crippen LogP contribution in [0.3, 0.4) is 0 Å². The molecule has 1 aliphatic rings. The first kappa shape index (κ1) is 16.3. The van der Waals surface area contributed by atoms with Crippen molar-refractivity contribution in [2.75, 3.05) is 6.54 Å². The summed E-state index contributed by atoms with van der Waals surface area (Å²) in [7, 11) is -3.95. The van der Waals surface area contributed by atoms with Crippen LogP contribution in [0.1, 0.15) is 37.0 Å². The summed E-state index contributed by atoms with van der Waals surface area (Å²) in [5.74, 6) is 0.361. The molecule has 2 rings (SSSR count). The number of rotatable bonds is 5. The molecule has 1 aliphatic carbocycles. The lowest BCUT2D eigenvalue weighted by atomic mass is 10.1. The third-order valence-corrected chi connectivity index (χ3v) is 4.91. The second kappa shape index (κ2) is 5.94. The van der Waals surface area contributed by atoms with E-state index in [0.29, 0.717) is 12.5 Å². The molecule has 0 aliphatic heterocycles. The molecule has 1 fully saturated rings. The van der Waals surface area contributed by atoms with Gasteiger partial charge in [0, 0.05) is 18.2 Å². The van der Waals surface area contributed by atoms with Crippen molar-refractivity contribution in [1.82, 2.24) is 4.90 Å². The SMILES string of the molecule is CC(C)N(CC1CC1)C(=O)c1ccc(Cl)c(S(N)(=O)=O)c1. The Morgan fingerprint density at radius 3 is 2.52 bits per heavy atom. The molecule has 0 aromatic heterocycles. The van der Waals surface area contributed by atoms with Gasteiger partial charge in [-0.15, -0.1) is 0 Å². The number of sulfonamides is 1. The van der Waals surface area contributed by atoms with Crippen LogP contribution in [0.15, 0.2) is 23.1 Å². The molecule has 0 radical (unpaired) electrons. The Hall–Kier alpha value is -1.11. The van der Waals surface area contributed by atoms with Gasteiger partial charge in [0.25, 0.3) is 5.91 Å². The number of benzene rings is 1. The van der Waals surface area contributed by atoms with Gasteiger partial charge in [0.2, 0.25) is 10.0 Å². The Morgan fingerprint density at radius 1 is 1.43 bits per heavy atom. The van der Waals surface area contributed by atoms with Crippen LogP contribution < -0.4 is 5.14 Å². The Kier molecular flexibility index (Phi) is 4.60. The molecule has 1 amide bonds. The topological polar surface area (TPSA) is 80.5 Å². The monoisotopic (exact) mass is 330 g/mol. The summed E-state index contributed by atoms with van der Waals surface area (Å²) >= 11 is 5.84. The molecule has 21 heavy (non-hydrogen) atoms. The summed E-state index contributed by atoms with van der Waals surface area (Å²) in [6.07, 6.45) is 2.28. The highest BCUT2D eigenvalue weighted by Gasteiger charge is 2.29. The van der Waals surface area contributed by atoms with Crippen molar-refractivity contribution in [2.24, 2.45) is 11.1 Å². The first-order chi connectivity index (χ1) is 9.70. The van der Waals surface area contributed by atoms with E-state index in [1.165, 1.54) is 18.2 Å². The molecule has 0 atom stereocenters. The average Bonchev–Trinajstić information content (AvgIpc) is 3.18. The molecule has 0 unspecified atom stereocenters. The van der Waals surface area contributed by atoms with E-state index < -0.39 is 10.0 Å². The number of nitrogens with two attached hydrogens (primary N) is 1. The van der Waals surface area contributed by atoms with Crippen LogP contribution in [0.25, 0.3) is 0 Å². The Morgan fingerprint density at radius 2 is 2.05 bits per heavy atom. The van der Waals surface area contributed by atoms with Crippen LogP contribution in [0.5, 0.6) is 0 Å². The molecular formula is C14H19ClN2O3S. The first-order valence-electron chi connectivity index (χ1n) is 6.83. The van der Waals surface area contributed by atoms with Crippen molar-refractivity contribution in [1.29, 1.82) is 0 Å². The molecule has 1 saturated carbocycles. The highest BCUT2D eigenvalue weighted by Crippen LogP contribution is 2.31. The fraction of sp³-hybridized carbons (Fsp3) is 0.500. The highest BCUT2D eigenvalue weighted by molar-refractivity contribution is 7.89. The first-order valence-corrected chi connectivity index (χ1v) is 8.76. The molecule has 1 aromatic rings. The molecule has 0 spiro atoms. The smallest absolute Gasteiger partial charge is 0.254 e. The van der Waals surface area contributed by atoms with Crippen molar-refractivity contribution in [3.8, 4) is 0 Å². The number of carbonyl (C=O) groups excluding carboxylic acids is 1. The maximum absolute atomic E-state index is 12.6. The highest BCUT2D eigenvalue weighted by atomic mass is 35.5. The van der Waals surface area contributed by atoms with Gasteiger partial charge in [0.05, 0.1) is 5.02 Å². The normalized spacial score (nSPS) is 15.3. The third kappa shape index (κ3) is 3.96. The summed E-state index contributed by atoms with van der Waals surface area (Å²) in [5, 5.41) is 5.14. The maximum Gasteiger partial charge on any atom is 0.254 e. The molecule has 116 valence electrons. The second-order valence-electron chi connectivity index (χ2n) is 5.68. The molecule has 7 heteroatoms. The summed E-state index contributed by atoms with van der Waals surface area (Å²) in [6.45, 7) is 4.58. The lowest BCUT2D eigenvalue weighted by Crippen LogP contribution is -2.38. The number of hydrogen-bond donors (Lipinski definition) is 1. The standard InChI is InChI=1S/C14H19ClN2O3S/c1-9(2)17(8-10-3-4-10)14(18)11-5-6-12(15)13(7-11)21(16,19)20/h5-7,9-10H,3-4,8H2,1-2H3,(H2,16,19,20). The zero-order chi connectivity index (χ0) is 15.8. The number of carbonyl (C=O) groups is 1. The van der Waals surface area contributed by atoms with Gasteiger partial charge >= 0.3 is 0 Å². The number of nitrogens with zero attached hydrogens (tertiary/aromatic N) is 1. The van der Waals surface area contributed by atoms with Crippen molar-refractivity contribution >= 4 is 27.5 Å². The van der Waals surface area contributed by atoms with Crippen LogP contribution >= 0.6 is 11.6 Å². The fourth-order valence-corrected chi connectivity index (χ4v) is 3.20. The zero-order valence-corrected chi connectivity index (χ0v) is 13.6. The quantitative estimate of drug-likeness (QED) is 0.899. The zero-order valence-electron chi connectivity index (χ0n) is 12.0. The van der Waals surface area contributed by atoms with Crippen molar-refractivity contribution in [2.45, 2.75) is 37.6 Å². The number of amides is 1. The summed E-state index contributed by atoms with van der Waals surface area (Å²) in [6, 6.07) is 4.22. The van der Waals surface area contributed by atoms with E-state index in [4.69, 9.17) is 16.7 Å². The minimum atomic E-state index is -3.95. The van der Waals surface area contributed by atoms with Crippen molar-refractivity contribution in [3.63, 3.8) is 0 Å². The van der Waals surface area contributed by atoms with Crippen LogP contribution in [-0.4, -0.2) is 31.8 Å². The van der Waals surface area contributed by atoms with Crippen LogP contribution in [0, 0.1) is 5.92 Å². The minimum Gasteiger partial charge on any atom is -0.336 e. The van der Waals surface area contributed by atoms with Gasteiger partial charge < -0.3 is 4.90 Å². The fourth-order valence-electron chi connectivity index (χ4n) is 2.13. The largest absolute Gasteiger partial charge is 0.336 e. The Labute approximate surface area is 130 Å². The van der Waals surface area contributed by atoms with Crippen LogP contribution in [-0.2, 0) is 10.0 Å². The number of primary sulfonamides is 1. The molecule has 0 heterocycles. The summed E-state index contributed by atoms with van der Waals surface area (Å²) in [4.78, 5) is 14.1. The summed E-state index contributed by atoms with van der Waals surface area (Å²) < 4.78 is 23.0. The van der Waals surface area contributed by atoms with E-state index in [1.54, 1.807) is 4.90 Å². The molecule has 2 N–H and O–H groups in total. The predicted octanol–water partition coefficient (Wildman–Crippen LogP) is 2.25. The van der Waals surface area contributed by atoms with E-state index in [-0.39, 0.29) is 27.4 Å². The van der Waals surface area contributed by atoms with Gasteiger partial charge in [0.1, 0.15) is 4.90 Å². The summed E-state index contributed by atoms with van der Waals surface area (Å²) in [5.41, 5.74) is 0.290. The van der Waals surface area contributed by atoms with Gasteiger partial charge in [-0.2, -0.15) is 0 Å². The van der Waals surface area contributed by atoms with Gasteiger partial charge in [0.15, 0.2) is 0 Å². The molecule has 5 nitrogen and oxygen atoms in total. The molecule has 1 aromatic carbocycles. The van der Waals surface area contributed by atoms with E-state index in [1.807, 2.05) is 13.8 Å². The van der Waals surface area contributed by atoms with E-state index in [2.05, 4.69) is 0 Å². The van der Waals surface area contributed by atoms with Crippen LogP contribution in [0.2, 0.25) is 5.02 Å². The van der Waals surface area contributed by atoms with Crippen molar-refractivity contribution < 1.29 is 13.2 Å². The Balaban J connectivity index is 2.33. The number of halogens is 1. The van der Waals surface area contributed by atoms with Crippen LogP contribution in [0.4, 0.5) is 0 Å². The van der Waals surface area contributed by atoms with Gasteiger partial charge in [-0.25, -0.2) is 13.6 Å². The van der Waals surface area contributed by atoms with Gasteiger partial charge in [-0.1, -0.05) is 11.6 Å². The lowest BCUT2D eigenvalue weighted by molar-refractivity contribution is 0.0696. The second-order valence-corrected chi connectivity index (χ2v) is 7.62. The lowest BCUT2D eigenvalue weighted by Gasteiger charge is -2.27. The van der Waals surface area contributed by atoms with E-state index >= 15 is 0 Å². The predicted molar refractivity (Wildman–Crippen MR) is 81.7 cm³/mol.